The van der Waals surface area contributed by atoms with E-state index in [-0.39, 0.29) is 6.03 Å². The molecule has 2 amide bonds. The third-order valence-corrected chi connectivity index (χ3v) is 8.30. The zero-order valence-electron chi connectivity index (χ0n) is 22.5. The molecule has 3 rings (SSSR count). The maximum atomic E-state index is 13.2. The first-order valence-electron chi connectivity index (χ1n) is 13.5. The number of hydrogen-bond donors (Lipinski definition) is 2. The number of thioether (sulfide) groups is 1. The molecule has 0 atom stereocenters. The summed E-state index contributed by atoms with van der Waals surface area (Å²) in [5, 5.41) is 12.4. The highest BCUT2D eigenvalue weighted by atomic mass is 32.2. The van der Waals surface area contributed by atoms with Crippen molar-refractivity contribution in [1.29, 1.82) is 0 Å². The molecule has 2 aromatic rings. The Hall–Kier alpha value is -2.67. The van der Waals surface area contributed by atoms with E-state index in [2.05, 4.69) is 5.32 Å². The molecule has 2 aromatic carbocycles. The van der Waals surface area contributed by atoms with Gasteiger partial charge in [0.1, 0.15) is 10.5 Å². The first kappa shape index (κ1) is 28.9. The van der Waals surface area contributed by atoms with Crippen molar-refractivity contribution in [3.63, 3.8) is 0 Å². The van der Waals surface area contributed by atoms with Gasteiger partial charge in [0.05, 0.1) is 7.11 Å². The molecule has 202 valence electrons. The average molecular weight is 527 g/mol. The fourth-order valence-corrected chi connectivity index (χ4v) is 5.70. The predicted molar refractivity (Wildman–Crippen MR) is 152 cm³/mol. The number of hydrogen-bond acceptors (Lipinski definition) is 4. The summed E-state index contributed by atoms with van der Waals surface area (Å²) < 4.78 is 4.41. The smallest absolute Gasteiger partial charge is 0.321 e. The molecule has 0 radical (unpaired) electrons. The molecule has 6 nitrogen and oxygen atoms in total. The van der Waals surface area contributed by atoms with Gasteiger partial charge in [0, 0.05) is 29.7 Å². The number of carboxylic acids is 1. The fraction of sp³-hybridized carbons (Fsp3) is 0.533. The minimum Gasteiger partial charge on any atom is -0.497 e. The minimum atomic E-state index is -0.881. The zero-order valence-corrected chi connectivity index (χ0v) is 23.3. The van der Waals surface area contributed by atoms with Gasteiger partial charge in [-0.2, -0.15) is 0 Å². The number of benzene rings is 2. The Morgan fingerprint density at radius 1 is 1.05 bits per heavy atom. The van der Waals surface area contributed by atoms with Crippen LogP contribution in [0.2, 0.25) is 0 Å². The highest BCUT2D eigenvalue weighted by molar-refractivity contribution is 8.01. The highest BCUT2D eigenvalue weighted by Gasteiger charge is 2.28. The highest BCUT2D eigenvalue weighted by Crippen LogP contribution is 2.33. The lowest BCUT2D eigenvalue weighted by Gasteiger charge is -2.25. The van der Waals surface area contributed by atoms with Crippen LogP contribution >= 0.6 is 11.8 Å². The summed E-state index contributed by atoms with van der Waals surface area (Å²) in [5.41, 5.74) is 1.85. The molecule has 2 N–H and O–H groups in total. The van der Waals surface area contributed by atoms with E-state index in [1.165, 1.54) is 50.3 Å². The van der Waals surface area contributed by atoms with Gasteiger partial charge in [-0.25, -0.2) is 4.79 Å². The van der Waals surface area contributed by atoms with Crippen LogP contribution in [0.5, 0.6) is 5.75 Å². The minimum absolute atomic E-state index is 0.0960. The van der Waals surface area contributed by atoms with Gasteiger partial charge in [0.15, 0.2) is 0 Å². The summed E-state index contributed by atoms with van der Waals surface area (Å²) in [5.74, 6) is 0.735. The standard InChI is InChI=1S/C30H42N2O4S/c1-30(2,28(33)34)37-27-17-15-24(16-18-27)19-21-32(20-8-7-12-23-10-5-4-6-11-23)29(35)31-25-13-9-14-26(22-25)36-3/h9,13-18,22-23H,4-8,10-12,19-21H2,1-3H3,(H,31,35)(H,33,34). The molecule has 0 aliphatic heterocycles. The second-order valence-electron chi connectivity index (χ2n) is 10.5. The quantitative estimate of drug-likeness (QED) is 0.209. The molecule has 0 heterocycles. The first-order valence-corrected chi connectivity index (χ1v) is 14.3. The number of unbranched alkanes of at least 4 members (excludes halogenated alkanes) is 1. The number of nitrogens with zero attached hydrogens (tertiary/aromatic N) is 1. The second kappa shape index (κ2) is 14.3. The number of nitrogens with one attached hydrogen (secondary N) is 1. The predicted octanol–water partition coefficient (Wildman–Crippen LogP) is 7.48. The molecule has 7 heteroatoms. The van der Waals surface area contributed by atoms with Crippen LogP contribution in [0.1, 0.15) is 70.8 Å². The Bertz CT molecular complexity index is 1000. The molecule has 1 saturated carbocycles. The van der Waals surface area contributed by atoms with Gasteiger partial charge in [0.25, 0.3) is 0 Å². The maximum absolute atomic E-state index is 13.2. The van der Waals surface area contributed by atoms with Crippen molar-refractivity contribution in [2.45, 2.75) is 81.3 Å². The Labute approximate surface area is 226 Å². The monoisotopic (exact) mass is 526 g/mol. The van der Waals surface area contributed by atoms with E-state index in [1.807, 2.05) is 53.4 Å². The summed E-state index contributed by atoms with van der Waals surface area (Å²) in [4.78, 5) is 27.5. The maximum Gasteiger partial charge on any atom is 0.321 e. The van der Waals surface area contributed by atoms with Crippen molar-refractivity contribution >= 4 is 29.4 Å². The molecule has 0 bridgehead atoms. The Balaban J connectivity index is 1.58. The molecule has 0 saturated heterocycles. The average Bonchev–Trinajstić information content (AvgIpc) is 2.89. The first-order chi connectivity index (χ1) is 17.8. The number of rotatable bonds is 13. The van der Waals surface area contributed by atoms with E-state index in [9.17, 15) is 14.7 Å². The number of carbonyl (C=O) groups excluding carboxylic acids is 1. The number of carbonyl (C=O) groups is 2. The van der Waals surface area contributed by atoms with Crippen LogP contribution in [-0.2, 0) is 11.2 Å². The van der Waals surface area contributed by atoms with Crippen LogP contribution < -0.4 is 10.1 Å². The number of amides is 2. The molecule has 1 fully saturated rings. The number of ether oxygens (including phenoxy) is 1. The third-order valence-electron chi connectivity index (χ3n) is 7.11. The van der Waals surface area contributed by atoms with E-state index in [4.69, 9.17) is 4.74 Å². The van der Waals surface area contributed by atoms with Crippen LogP contribution in [0.15, 0.2) is 53.4 Å². The number of methoxy groups -OCH3 is 1. The molecule has 0 spiro atoms. The van der Waals surface area contributed by atoms with Gasteiger partial charge in [0.2, 0.25) is 0 Å². The van der Waals surface area contributed by atoms with E-state index >= 15 is 0 Å². The van der Waals surface area contributed by atoms with Crippen molar-refractivity contribution in [1.82, 2.24) is 4.90 Å². The Kier molecular flexibility index (Phi) is 11.2. The Morgan fingerprint density at radius 2 is 1.78 bits per heavy atom. The lowest BCUT2D eigenvalue weighted by molar-refractivity contribution is -0.138. The Morgan fingerprint density at radius 3 is 2.46 bits per heavy atom. The summed E-state index contributed by atoms with van der Waals surface area (Å²) >= 11 is 1.34. The fourth-order valence-electron chi connectivity index (χ4n) is 4.76. The van der Waals surface area contributed by atoms with Crippen LogP contribution in [0.3, 0.4) is 0 Å². The molecule has 1 aliphatic rings. The van der Waals surface area contributed by atoms with Crippen LogP contribution in [0.4, 0.5) is 10.5 Å². The van der Waals surface area contributed by atoms with Gasteiger partial charge < -0.3 is 20.1 Å². The number of carboxylic acid groups (broad SMARTS) is 1. The van der Waals surface area contributed by atoms with Crippen molar-refractivity contribution in [3.05, 3.63) is 54.1 Å². The summed E-state index contributed by atoms with van der Waals surface area (Å²) in [6, 6.07) is 15.3. The van der Waals surface area contributed by atoms with Crippen molar-refractivity contribution in [2.24, 2.45) is 5.92 Å². The van der Waals surface area contributed by atoms with E-state index in [0.29, 0.717) is 12.3 Å². The summed E-state index contributed by atoms with van der Waals surface area (Å²) in [6.07, 6.45) is 11.0. The molecule has 1 aliphatic carbocycles. The largest absolute Gasteiger partial charge is 0.497 e. The van der Waals surface area contributed by atoms with Gasteiger partial charge in [-0.1, -0.05) is 63.1 Å². The van der Waals surface area contributed by atoms with E-state index < -0.39 is 10.7 Å². The van der Waals surface area contributed by atoms with Gasteiger partial charge in [-0.15, -0.1) is 11.8 Å². The van der Waals surface area contributed by atoms with Gasteiger partial charge in [-0.3, -0.25) is 4.79 Å². The zero-order chi connectivity index (χ0) is 26.7. The summed E-state index contributed by atoms with van der Waals surface area (Å²) in [6.45, 7) is 4.76. The number of anilines is 1. The van der Waals surface area contributed by atoms with Crippen molar-refractivity contribution < 1.29 is 19.4 Å². The topological polar surface area (TPSA) is 78.9 Å². The third kappa shape index (κ3) is 9.62. The molecular weight excluding hydrogens is 484 g/mol. The lowest BCUT2D eigenvalue weighted by Crippen LogP contribution is -2.37. The van der Waals surface area contributed by atoms with Crippen LogP contribution in [-0.4, -0.2) is 47.0 Å². The lowest BCUT2D eigenvalue weighted by atomic mass is 9.86. The van der Waals surface area contributed by atoms with Crippen molar-refractivity contribution in [2.75, 3.05) is 25.5 Å². The van der Waals surface area contributed by atoms with E-state index in [1.54, 1.807) is 21.0 Å². The summed E-state index contributed by atoms with van der Waals surface area (Å²) in [7, 11) is 1.62. The van der Waals surface area contributed by atoms with Crippen molar-refractivity contribution in [3.8, 4) is 5.75 Å². The second-order valence-corrected chi connectivity index (χ2v) is 12.2. The molecule has 37 heavy (non-hydrogen) atoms. The molecule has 0 unspecified atom stereocenters. The molecule has 0 aromatic heterocycles. The van der Waals surface area contributed by atoms with Gasteiger partial charge in [-0.05, 0) is 62.4 Å². The SMILES string of the molecule is COc1cccc(NC(=O)N(CCCCC2CCCCC2)CCc2ccc(SC(C)(C)C(=O)O)cc2)c1. The van der Waals surface area contributed by atoms with E-state index in [0.717, 1.165) is 47.9 Å². The van der Waals surface area contributed by atoms with Crippen LogP contribution in [0.25, 0.3) is 0 Å². The normalized spacial score (nSPS) is 14.2. The number of aliphatic carboxylic acids is 1. The molecular formula is C30H42N2O4S. The number of urea groups is 1. The van der Waals surface area contributed by atoms with Gasteiger partial charge >= 0.3 is 12.0 Å². The van der Waals surface area contributed by atoms with Crippen LogP contribution in [0, 0.1) is 5.92 Å².